The number of nitrogens with zero attached hydrogens (tertiary/aromatic N) is 3. The summed E-state index contributed by atoms with van der Waals surface area (Å²) in [5.41, 5.74) is 10.8. The van der Waals surface area contributed by atoms with Gasteiger partial charge in [0.05, 0.1) is 24.0 Å². The fraction of sp³-hybridized carbons (Fsp3) is 0.269. The van der Waals surface area contributed by atoms with Gasteiger partial charge in [-0.05, 0) is 60.6 Å². The van der Waals surface area contributed by atoms with Crippen molar-refractivity contribution in [2.45, 2.75) is 31.1 Å². The number of nitrogens with two attached hydrogens (primary N) is 1. The molecule has 0 bridgehead atoms. The summed E-state index contributed by atoms with van der Waals surface area (Å²) in [5.74, 6) is 0.449. The van der Waals surface area contributed by atoms with E-state index in [0.29, 0.717) is 16.9 Å². The Balaban J connectivity index is 1.39. The average Bonchev–Trinajstić information content (AvgIpc) is 3.62. The number of carbonyl (C=O) groups excluding carboxylic acids is 1. The van der Waals surface area contributed by atoms with Crippen molar-refractivity contribution in [1.82, 2.24) is 20.0 Å². The molecule has 0 aliphatic heterocycles. The second-order valence-corrected chi connectivity index (χ2v) is 9.41. The van der Waals surface area contributed by atoms with Crippen LogP contribution in [0, 0.1) is 5.82 Å². The molecule has 36 heavy (non-hydrogen) atoms. The summed E-state index contributed by atoms with van der Waals surface area (Å²) in [5, 5.41) is 14.2. The normalized spacial score (nSPS) is 17.3. The van der Waals surface area contributed by atoms with E-state index < -0.39 is 11.7 Å². The maximum Gasteiger partial charge on any atom is 0.261 e. The number of H-pyrrole nitrogens is 1. The van der Waals surface area contributed by atoms with Crippen LogP contribution in [0.4, 0.5) is 15.9 Å². The molecule has 4 aromatic rings. The number of nitrogens with one attached hydrogen (secondary N) is 2. The number of aromatic amines is 1. The molecule has 2 atom stereocenters. The number of nitrogen functional groups attached to an aromatic ring is 1. The van der Waals surface area contributed by atoms with E-state index in [1.807, 2.05) is 12.3 Å². The van der Waals surface area contributed by atoms with E-state index in [0.717, 1.165) is 41.7 Å². The number of carbonyl (C=O) groups is 1. The highest BCUT2D eigenvalue weighted by atomic mass is 35.5. The maximum atomic E-state index is 13.5. The van der Waals surface area contributed by atoms with Crippen LogP contribution in [0.15, 0.2) is 48.8 Å². The minimum atomic E-state index is -0.554. The van der Waals surface area contributed by atoms with Gasteiger partial charge in [0.15, 0.2) is 0 Å². The molecule has 2 heterocycles. The predicted octanol–water partition coefficient (Wildman–Crippen LogP) is 5.50. The Hall–Kier alpha value is -3.85. The molecular weight excluding hydrogens is 483 g/mol. The molecule has 2 unspecified atom stereocenters. The number of anilines is 2. The Labute approximate surface area is 212 Å². The number of aromatic nitrogens is 4. The second kappa shape index (κ2) is 9.66. The monoisotopic (exact) mass is 508 g/mol. The summed E-state index contributed by atoms with van der Waals surface area (Å²) in [7, 11) is 3.39. The van der Waals surface area contributed by atoms with Gasteiger partial charge in [-0.1, -0.05) is 23.7 Å². The smallest absolute Gasteiger partial charge is 0.261 e. The summed E-state index contributed by atoms with van der Waals surface area (Å²) >= 11 is 5.87. The van der Waals surface area contributed by atoms with Gasteiger partial charge in [-0.25, -0.2) is 4.39 Å². The van der Waals surface area contributed by atoms with Crippen LogP contribution < -0.4 is 15.8 Å². The molecule has 186 valence electrons. The molecule has 8 nitrogen and oxygen atoms in total. The van der Waals surface area contributed by atoms with Gasteiger partial charge >= 0.3 is 0 Å². The van der Waals surface area contributed by atoms with Crippen LogP contribution in [-0.4, -0.2) is 33.0 Å². The first-order valence-electron chi connectivity index (χ1n) is 11.6. The third-order valence-corrected chi connectivity index (χ3v) is 7.14. The van der Waals surface area contributed by atoms with E-state index in [1.54, 1.807) is 20.4 Å². The lowest BCUT2D eigenvalue weighted by molar-refractivity contribution is 0.102. The van der Waals surface area contributed by atoms with Crippen LogP contribution in [0.2, 0.25) is 5.02 Å². The Morgan fingerprint density at radius 3 is 2.75 bits per heavy atom. The van der Waals surface area contributed by atoms with Crippen LogP contribution >= 0.6 is 11.6 Å². The molecule has 2 aromatic carbocycles. The molecule has 0 saturated heterocycles. The van der Waals surface area contributed by atoms with E-state index in [2.05, 4.69) is 32.7 Å². The van der Waals surface area contributed by atoms with E-state index in [9.17, 15) is 9.18 Å². The van der Waals surface area contributed by atoms with Crippen molar-refractivity contribution in [3.63, 3.8) is 0 Å². The Kier molecular flexibility index (Phi) is 6.40. The molecule has 4 N–H and O–H groups in total. The van der Waals surface area contributed by atoms with Crippen LogP contribution in [0.5, 0.6) is 5.75 Å². The topological polar surface area (TPSA) is 111 Å². The minimum absolute atomic E-state index is 0.0503. The average molecular weight is 509 g/mol. The van der Waals surface area contributed by atoms with Gasteiger partial charge < -0.3 is 15.8 Å². The molecule has 5 rings (SSSR count). The predicted molar refractivity (Wildman–Crippen MR) is 137 cm³/mol. The SMILES string of the molecule is COc1cc(-c2cn[nH]c2)ccc1C1CCC(c2nn(C)c(N)c2C(=O)Nc2ccc(F)c(Cl)c2)C1. The molecule has 1 amide bonds. The highest BCUT2D eigenvalue weighted by Gasteiger charge is 2.34. The maximum absolute atomic E-state index is 13.5. The molecule has 10 heteroatoms. The molecule has 0 radical (unpaired) electrons. The number of halogens is 2. The van der Waals surface area contributed by atoms with E-state index in [1.165, 1.54) is 22.9 Å². The number of amides is 1. The van der Waals surface area contributed by atoms with Crippen LogP contribution in [0.1, 0.15) is 52.7 Å². The second-order valence-electron chi connectivity index (χ2n) is 9.00. The van der Waals surface area contributed by atoms with E-state index >= 15 is 0 Å². The number of hydrogen-bond acceptors (Lipinski definition) is 5. The molecule has 2 aromatic heterocycles. The Morgan fingerprint density at radius 2 is 2.03 bits per heavy atom. The third-order valence-electron chi connectivity index (χ3n) is 6.85. The summed E-state index contributed by atoms with van der Waals surface area (Å²) in [6.45, 7) is 0. The van der Waals surface area contributed by atoms with Crippen LogP contribution in [0.3, 0.4) is 0 Å². The fourth-order valence-electron chi connectivity index (χ4n) is 4.99. The first-order chi connectivity index (χ1) is 17.4. The lowest BCUT2D eigenvalue weighted by atomic mass is 9.92. The van der Waals surface area contributed by atoms with E-state index in [-0.39, 0.29) is 22.7 Å². The zero-order chi connectivity index (χ0) is 25.4. The number of ether oxygens (including phenoxy) is 1. The van der Waals surface area contributed by atoms with Gasteiger partial charge in [0.1, 0.15) is 22.9 Å². The number of hydrogen-bond donors (Lipinski definition) is 3. The lowest BCUT2D eigenvalue weighted by Crippen LogP contribution is -2.16. The van der Waals surface area contributed by atoms with E-state index in [4.69, 9.17) is 22.1 Å². The van der Waals surface area contributed by atoms with Crippen molar-refractivity contribution in [2.24, 2.45) is 7.05 Å². The summed E-state index contributed by atoms with van der Waals surface area (Å²) in [4.78, 5) is 13.2. The fourth-order valence-corrected chi connectivity index (χ4v) is 5.17. The number of benzene rings is 2. The summed E-state index contributed by atoms with van der Waals surface area (Å²) in [6, 6.07) is 10.2. The van der Waals surface area contributed by atoms with Gasteiger partial charge in [-0.2, -0.15) is 10.2 Å². The van der Waals surface area contributed by atoms with Crippen molar-refractivity contribution in [1.29, 1.82) is 0 Å². The Morgan fingerprint density at radius 1 is 1.22 bits per heavy atom. The molecule has 1 saturated carbocycles. The standard InChI is InChI=1S/C26H26ClFN6O2/c1-34-25(29)23(26(35)32-18-6-8-21(28)20(27)11-18)24(33-34)16-4-3-15(9-16)19-7-5-14(10-22(19)36-2)17-12-30-31-13-17/h5-8,10-13,15-16H,3-4,9,29H2,1-2H3,(H,30,31)(H,32,35). The van der Waals surface area contributed by atoms with Crippen molar-refractivity contribution in [3.8, 4) is 16.9 Å². The zero-order valence-electron chi connectivity index (χ0n) is 19.9. The highest BCUT2D eigenvalue weighted by Crippen LogP contribution is 2.47. The molecule has 1 fully saturated rings. The zero-order valence-corrected chi connectivity index (χ0v) is 20.6. The van der Waals surface area contributed by atoms with Crippen molar-refractivity contribution >= 4 is 29.0 Å². The number of rotatable bonds is 6. The first-order valence-corrected chi connectivity index (χ1v) is 12.0. The van der Waals surface area contributed by atoms with Crippen molar-refractivity contribution in [2.75, 3.05) is 18.2 Å². The highest BCUT2D eigenvalue weighted by molar-refractivity contribution is 6.31. The Bertz CT molecular complexity index is 1420. The van der Waals surface area contributed by atoms with Gasteiger partial charge in [0.25, 0.3) is 5.91 Å². The quantitative estimate of drug-likeness (QED) is 0.318. The largest absolute Gasteiger partial charge is 0.496 e. The molecule has 1 aliphatic carbocycles. The van der Waals surface area contributed by atoms with Crippen molar-refractivity contribution in [3.05, 3.63) is 76.5 Å². The van der Waals surface area contributed by atoms with Gasteiger partial charge in [0.2, 0.25) is 0 Å². The van der Waals surface area contributed by atoms with Gasteiger partial charge in [-0.15, -0.1) is 0 Å². The molecule has 1 aliphatic rings. The molecule has 0 spiro atoms. The van der Waals surface area contributed by atoms with Crippen LogP contribution in [-0.2, 0) is 7.05 Å². The van der Waals surface area contributed by atoms with Gasteiger partial charge in [0, 0.05) is 30.4 Å². The minimum Gasteiger partial charge on any atom is -0.496 e. The summed E-state index contributed by atoms with van der Waals surface area (Å²) < 4.78 is 20.8. The summed E-state index contributed by atoms with van der Waals surface area (Å²) in [6.07, 6.45) is 6.21. The third kappa shape index (κ3) is 4.42. The molecular formula is C26H26ClFN6O2. The number of methoxy groups -OCH3 is 1. The van der Waals surface area contributed by atoms with Gasteiger partial charge in [-0.3, -0.25) is 14.6 Å². The van der Waals surface area contributed by atoms with Crippen LogP contribution in [0.25, 0.3) is 11.1 Å². The van der Waals surface area contributed by atoms with Crippen molar-refractivity contribution < 1.29 is 13.9 Å². The number of aryl methyl sites for hydroxylation is 1. The lowest BCUT2D eigenvalue weighted by Gasteiger charge is -2.16. The first kappa shape index (κ1) is 23.9.